The van der Waals surface area contributed by atoms with E-state index in [4.69, 9.17) is 15.0 Å². The number of hydrogen-bond donors (Lipinski definition) is 0. The van der Waals surface area contributed by atoms with E-state index in [1.165, 1.54) is 69.0 Å². The molecule has 0 aliphatic carbocycles. The van der Waals surface area contributed by atoms with E-state index in [-0.39, 0.29) is 0 Å². The van der Waals surface area contributed by atoms with Gasteiger partial charge in [-0.2, -0.15) is 0 Å². The van der Waals surface area contributed by atoms with Crippen LogP contribution in [-0.4, -0.2) is 15.0 Å². The number of fused-ring (bicyclic) bond motifs is 11. The van der Waals surface area contributed by atoms with Gasteiger partial charge in [0.1, 0.15) is 0 Å². The van der Waals surface area contributed by atoms with E-state index in [1.807, 2.05) is 17.4 Å². The van der Waals surface area contributed by atoms with E-state index in [9.17, 15) is 0 Å². The molecule has 10 aromatic carbocycles. The minimum atomic E-state index is 0.645. The van der Waals surface area contributed by atoms with Crippen LogP contribution in [-0.2, 0) is 0 Å². The van der Waals surface area contributed by atoms with E-state index >= 15 is 0 Å². The van der Waals surface area contributed by atoms with Crippen molar-refractivity contribution in [2.24, 2.45) is 0 Å². The van der Waals surface area contributed by atoms with Crippen LogP contribution in [0.1, 0.15) is 0 Å². The van der Waals surface area contributed by atoms with Gasteiger partial charge in [-0.05, 0) is 83.9 Å². The summed E-state index contributed by atoms with van der Waals surface area (Å²) in [5, 5.41) is 14.3. The summed E-state index contributed by atoms with van der Waals surface area (Å²) in [6, 6.07) is 67.3. The molecule has 0 fully saturated rings. The summed E-state index contributed by atoms with van der Waals surface area (Å²) >= 11 is 1.85. The zero-order valence-corrected chi connectivity index (χ0v) is 31.5. The predicted octanol–water partition coefficient (Wildman–Crippen LogP) is 14.7. The molecule has 0 saturated carbocycles. The largest absolute Gasteiger partial charge is 0.208 e. The van der Waals surface area contributed by atoms with Crippen LogP contribution in [0.4, 0.5) is 0 Å². The van der Waals surface area contributed by atoms with E-state index in [1.54, 1.807) is 0 Å². The maximum Gasteiger partial charge on any atom is 0.165 e. The summed E-state index contributed by atoms with van der Waals surface area (Å²) in [5.74, 6) is 1.96. The molecule has 4 heteroatoms. The second-order valence-electron chi connectivity index (χ2n) is 14.7. The van der Waals surface area contributed by atoms with Crippen LogP contribution >= 0.6 is 11.3 Å². The van der Waals surface area contributed by atoms with Crippen molar-refractivity contribution in [3.63, 3.8) is 0 Å². The normalized spacial score (nSPS) is 11.9. The highest BCUT2D eigenvalue weighted by molar-refractivity contribution is 7.26. The SMILES string of the molecule is c1ccc(-c2nc(-c3ccc(-c4ccccc4)c4ccccc34)nc(-c3c4c(cc5c6ccccc6c6ccccc6c35)sc3cc5ccccc5cc34)n2)cc1. The number of thiophene rings is 1. The molecule has 2 aromatic heterocycles. The van der Waals surface area contributed by atoms with E-state index in [0.717, 1.165) is 32.8 Å². The first-order valence-electron chi connectivity index (χ1n) is 19.3. The Bertz CT molecular complexity index is 3570. The Morgan fingerprint density at radius 3 is 1.53 bits per heavy atom. The van der Waals surface area contributed by atoms with Crippen molar-refractivity contribution in [2.75, 3.05) is 0 Å². The Kier molecular flexibility index (Phi) is 7.10. The zero-order valence-electron chi connectivity index (χ0n) is 30.6. The van der Waals surface area contributed by atoms with E-state index < -0.39 is 0 Å². The van der Waals surface area contributed by atoms with Gasteiger partial charge in [-0.3, -0.25) is 0 Å². The Balaban J connectivity index is 1.26. The highest BCUT2D eigenvalue weighted by Crippen LogP contribution is 2.49. The Hall–Kier alpha value is -7.27. The van der Waals surface area contributed by atoms with Gasteiger partial charge in [-0.1, -0.05) is 164 Å². The van der Waals surface area contributed by atoms with Crippen molar-refractivity contribution in [1.29, 1.82) is 0 Å². The van der Waals surface area contributed by atoms with E-state index in [0.29, 0.717) is 17.5 Å². The number of nitrogens with zero attached hydrogens (tertiary/aromatic N) is 3. The van der Waals surface area contributed by atoms with Gasteiger partial charge in [-0.15, -0.1) is 11.3 Å². The molecule has 57 heavy (non-hydrogen) atoms. The van der Waals surface area contributed by atoms with Crippen LogP contribution in [0.15, 0.2) is 188 Å². The molecule has 0 spiro atoms. The Morgan fingerprint density at radius 1 is 0.298 bits per heavy atom. The summed E-state index contributed by atoms with van der Waals surface area (Å²) in [4.78, 5) is 16.3. The molecule has 0 N–H and O–H groups in total. The first-order chi connectivity index (χ1) is 28.3. The first-order valence-corrected chi connectivity index (χ1v) is 20.1. The van der Waals surface area contributed by atoms with Gasteiger partial charge in [0.25, 0.3) is 0 Å². The molecule has 3 nitrogen and oxygen atoms in total. The lowest BCUT2D eigenvalue weighted by Crippen LogP contribution is -2.02. The Morgan fingerprint density at radius 2 is 0.807 bits per heavy atom. The smallest absolute Gasteiger partial charge is 0.165 e. The molecule has 0 amide bonds. The minimum Gasteiger partial charge on any atom is -0.208 e. The lowest BCUT2D eigenvalue weighted by atomic mass is 9.89. The quantitative estimate of drug-likeness (QED) is 0.169. The van der Waals surface area contributed by atoms with E-state index in [2.05, 4.69) is 182 Å². The van der Waals surface area contributed by atoms with Crippen molar-refractivity contribution < 1.29 is 0 Å². The van der Waals surface area contributed by atoms with Gasteiger partial charge < -0.3 is 0 Å². The van der Waals surface area contributed by atoms with Gasteiger partial charge >= 0.3 is 0 Å². The van der Waals surface area contributed by atoms with Crippen LogP contribution in [0.3, 0.4) is 0 Å². The molecule has 12 rings (SSSR count). The predicted molar refractivity (Wildman–Crippen MR) is 242 cm³/mol. The maximum absolute atomic E-state index is 5.57. The highest BCUT2D eigenvalue weighted by atomic mass is 32.1. The minimum absolute atomic E-state index is 0.645. The van der Waals surface area contributed by atoms with Crippen LogP contribution in [0, 0.1) is 0 Å². The third kappa shape index (κ3) is 5.01. The number of rotatable bonds is 4. The summed E-state index contributed by atoms with van der Waals surface area (Å²) in [7, 11) is 0. The number of aromatic nitrogens is 3. The molecule has 0 radical (unpaired) electrons. The van der Waals surface area contributed by atoms with Crippen LogP contribution in [0.5, 0.6) is 0 Å². The van der Waals surface area contributed by atoms with Gasteiger partial charge in [0.15, 0.2) is 17.5 Å². The summed E-state index contributed by atoms with van der Waals surface area (Å²) in [6.07, 6.45) is 0. The molecular weight excluding hydrogens is 711 g/mol. The van der Waals surface area contributed by atoms with Crippen molar-refractivity contribution in [1.82, 2.24) is 15.0 Å². The van der Waals surface area contributed by atoms with Gasteiger partial charge in [-0.25, -0.2) is 15.0 Å². The van der Waals surface area contributed by atoms with Crippen LogP contribution in [0.25, 0.3) is 119 Å². The topological polar surface area (TPSA) is 38.7 Å². The molecule has 0 aliphatic rings. The highest BCUT2D eigenvalue weighted by Gasteiger charge is 2.24. The zero-order chi connectivity index (χ0) is 37.5. The van der Waals surface area contributed by atoms with Crippen molar-refractivity contribution in [3.05, 3.63) is 188 Å². The monoisotopic (exact) mass is 741 g/mol. The van der Waals surface area contributed by atoms with Gasteiger partial charge in [0.05, 0.1) is 0 Å². The lowest BCUT2D eigenvalue weighted by Gasteiger charge is -2.17. The Labute approximate surface area is 332 Å². The molecule has 0 atom stereocenters. The average Bonchev–Trinajstić information content (AvgIpc) is 3.64. The summed E-state index contributed by atoms with van der Waals surface area (Å²) in [6.45, 7) is 0. The van der Waals surface area contributed by atoms with Gasteiger partial charge in [0, 0.05) is 42.2 Å². The molecule has 0 saturated heterocycles. The fourth-order valence-corrected chi connectivity index (χ4v) is 10.1. The second-order valence-corrected chi connectivity index (χ2v) is 15.8. The standard InChI is InChI=1S/C53H31N3S/c1-3-15-32(16-4-1)36-27-28-43(40-24-11-9-21-37(36)40)52-54-51(33-17-5-2-6-18-33)55-53(56-52)50-48-42-26-14-13-23-39(42)38-22-10-12-25-41(38)44(48)31-47-49(50)45-29-34-19-7-8-20-35(34)30-46(45)57-47/h1-31H. The molecule has 0 unspecified atom stereocenters. The molecule has 2 heterocycles. The fourth-order valence-electron chi connectivity index (χ4n) is 8.92. The third-order valence-corrected chi connectivity index (χ3v) is 12.6. The fraction of sp³-hybridized carbons (Fsp3) is 0. The number of hydrogen-bond acceptors (Lipinski definition) is 4. The molecule has 0 bridgehead atoms. The van der Waals surface area contributed by atoms with Crippen LogP contribution in [0.2, 0.25) is 0 Å². The summed E-state index contributed by atoms with van der Waals surface area (Å²) in [5.41, 5.74) is 5.31. The first kappa shape index (κ1) is 32.0. The molecule has 264 valence electrons. The average molecular weight is 742 g/mol. The number of benzene rings is 10. The van der Waals surface area contributed by atoms with Crippen molar-refractivity contribution >= 4 is 85.4 Å². The molecular formula is C53H31N3S. The molecule has 12 aromatic rings. The third-order valence-electron chi connectivity index (χ3n) is 11.5. The maximum atomic E-state index is 5.57. The van der Waals surface area contributed by atoms with Crippen molar-refractivity contribution in [2.45, 2.75) is 0 Å². The summed E-state index contributed by atoms with van der Waals surface area (Å²) < 4.78 is 2.46. The van der Waals surface area contributed by atoms with Crippen LogP contribution < -0.4 is 0 Å². The second kappa shape index (κ2) is 12.6. The van der Waals surface area contributed by atoms with Gasteiger partial charge in [0.2, 0.25) is 0 Å². The lowest BCUT2D eigenvalue weighted by molar-refractivity contribution is 1.08. The molecule has 0 aliphatic heterocycles. The van der Waals surface area contributed by atoms with Crippen molar-refractivity contribution in [3.8, 4) is 45.3 Å².